The average molecular weight is 543 g/mol. The summed E-state index contributed by atoms with van der Waals surface area (Å²) in [4.78, 5) is 4.31. The highest BCUT2D eigenvalue weighted by atomic mass is 127. The van der Waals surface area contributed by atoms with Crippen molar-refractivity contribution in [1.82, 2.24) is 10.6 Å². The molecule has 2 rings (SSSR count). The molecule has 0 atom stereocenters. The lowest BCUT2D eigenvalue weighted by Gasteiger charge is -2.16. The first-order valence-corrected chi connectivity index (χ1v) is 9.98. The maximum atomic E-state index is 5.96. The van der Waals surface area contributed by atoms with Crippen LogP contribution < -0.4 is 24.8 Å². The van der Waals surface area contributed by atoms with Crippen molar-refractivity contribution < 1.29 is 18.9 Å². The predicted octanol–water partition coefficient (Wildman–Crippen LogP) is 3.91. The Morgan fingerprint density at radius 3 is 2.29 bits per heavy atom. The van der Waals surface area contributed by atoms with E-state index in [0.717, 1.165) is 28.9 Å². The molecule has 7 nitrogen and oxygen atoms in total. The molecule has 0 saturated carbocycles. The lowest BCUT2D eigenvalue weighted by Crippen LogP contribution is -2.36. The van der Waals surface area contributed by atoms with Gasteiger partial charge < -0.3 is 29.6 Å². The predicted molar refractivity (Wildman–Crippen MR) is 135 cm³/mol. The van der Waals surface area contributed by atoms with Crippen LogP contribution in [0.1, 0.15) is 23.1 Å². The highest BCUT2D eigenvalue weighted by Gasteiger charge is 2.08. The Hall–Kier alpha value is -2.20. The second-order valence-corrected chi connectivity index (χ2v) is 6.77. The zero-order chi connectivity index (χ0) is 21.8. The van der Waals surface area contributed by atoms with E-state index in [4.69, 9.17) is 18.9 Å². The molecule has 0 unspecified atom stereocenters. The normalized spacial score (nSPS) is 10.8. The number of hydrogen-bond acceptors (Lipinski definition) is 5. The molecule has 0 aromatic heterocycles. The molecule has 2 aromatic carbocycles. The van der Waals surface area contributed by atoms with Crippen molar-refractivity contribution >= 4 is 29.9 Å². The molecule has 0 spiro atoms. The van der Waals surface area contributed by atoms with Crippen LogP contribution >= 0.6 is 24.0 Å². The number of nitrogens with one attached hydrogen (secondary N) is 2. The fourth-order valence-electron chi connectivity index (χ4n) is 2.90. The topological polar surface area (TPSA) is 73.3 Å². The van der Waals surface area contributed by atoms with E-state index in [-0.39, 0.29) is 24.0 Å². The Morgan fingerprint density at radius 1 is 0.871 bits per heavy atom. The van der Waals surface area contributed by atoms with Crippen molar-refractivity contribution in [3.8, 4) is 17.2 Å². The van der Waals surface area contributed by atoms with Crippen LogP contribution in [0.15, 0.2) is 41.4 Å². The van der Waals surface area contributed by atoms with Crippen LogP contribution in [0.5, 0.6) is 17.2 Å². The van der Waals surface area contributed by atoms with Crippen molar-refractivity contribution in [2.45, 2.75) is 26.4 Å². The third-order valence-electron chi connectivity index (χ3n) is 4.55. The quantitative estimate of drug-likeness (QED) is 0.194. The largest absolute Gasteiger partial charge is 0.493 e. The van der Waals surface area contributed by atoms with Crippen molar-refractivity contribution in [2.75, 3.05) is 41.6 Å². The molecule has 31 heavy (non-hydrogen) atoms. The Balaban J connectivity index is 0.00000480. The minimum absolute atomic E-state index is 0. The van der Waals surface area contributed by atoms with E-state index in [1.807, 2.05) is 18.2 Å². The molecular formula is C23H34IN3O4. The number of nitrogens with zero attached hydrogens (tertiary/aromatic N) is 1. The maximum Gasteiger partial charge on any atom is 0.191 e. The third-order valence-corrected chi connectivity index (χ3v) is 4.55. The number of rotatable bonds is 11. The standard InChI is InChI=1S/C23H33N3O4.HI/c1-17-7-9-19(21(13-17)30-12-6-11-27-3)16-26-23(24-2)25-15-18-8-10-20(28-4)22(14-18)29-5;/h7-10,13-14H,6,11-12,15-16H2,1-5H3,(H2,24,25,26);1H. The van der Waals surface area contributed by atoms with Gasteiger partial charge in [0.05, 0.1) is 20.8 Å². The summed E-state index contributed by atoms with van der Waals surface area (Å²) in [6.07, 6.45) is 0.853. The fourth-order valence-corrected chi connectivity index (χ4v) is 2.90. The lowest BCUT2D eigenvalue weighted by molar-refractivity contribution is 0.171. The fraction of sp³-hybridized carbons (Fsp3) is 0.435. The number of guanidine groups is 1. The Labute approximate surface area is 202 Å². The van der Waals surface area contributed by atoms with Crippen molar-refractivity contribution in [3.05, 3.63) is 53.1 Å². The summed E-state index contributed by atoms with van der Waals surface area (Å²) in [6, 6.07) is 12.1. The summed E-state index contributed by atoms with van der Waals surface area (Å²) in [5, 5.41) is 6.67. The molecule has 0 aliphatic rings. The van der Waals surface area contributed by atoms with E-state index in [0.29, 0.717) is 43.8 Å². The molecule has 0 heterocycles. The number of aliphatic imine (C=N–C) groups is 1. The summed E-state index contributed by atoms with van der Waals surface area (Å²) >= 11 is 0. The number of hydrogen-bond donors (Lipinski definition) is 2. The van der Waals surface area contributed by atoms with Crippen molar-refractivity contribution in [2.24, 2.45) is 4.99 Å². The lowest BCUT2D eigenvalue weighted by atomic mass is 10.1. The Morgan fingerprint density at radius 2 is 1.61 bits per heavy atom. The molecule has 0 aliphatic heterocycles. The number of halogens is 1. The first-order valence-electron chi connectivity index (χ1n) is 9.98. The molecule has 0 aliphatic carbocycles. The van der Waals surface area contributed by atoms with Gasteiger partial charge in [-0.15, -0.1) is 24.0 Å². The summed E-state index contributed by atoms with van der Waals surface area (Å²) in [5.74, 6) is 3.00. The van der Waals surface area contributed by atoms with E-state index in [1.165, 1.54) is 0 Å². The number of benzene rings is 2. The maximum absolute atomic E-state index is 5.96. The minimum Gasteiger partial charge on any atom is -0.493 e. The molecule has 8 heteroatoms. The summed E-state index contributed by atoms with van der Waals surface area (Å²) < 4.78 is 21.7. The van der Waals surface area contributed by atoms with Crippen LogP contribution in [0.3, 0.4) is 0 Å². The SMILES string of the molecule is CN=C(NCc1ccc(OC)c(OC)c1)NCc1ccc(C)cc1OCCCOC.I. The number of ether oxygens (including phenoxy) is 4. The smallest absolute Gasteiger partial charge is 0.191 e. The highest BCUT2D eigenvalue weighted by molar-refractivity contribution is 14.0. The summed E-state index contributed by atoms with van der Waals surface area (Å²) in [6.45, 7) is 4.57. The monoisotopic (exact) mass is 543 g/mol. The van der Waals surface area contributed by atoms with Gasteiger partial charge in [0.2, 0.25) is 0 Å². The number of methoxy groups -OCH3 is 3. The van der Waals surface area contributed by atoms with E-state index in [1.54, 1.807) is 28.4 Å². The van der Waals surface area contributed by atoms with E-state index in [9.17, 15) is 0 Å². The van der Waals surface area contributed by atoms with Gasteiger partial charge in [-0.2, -0.15) is 0 Å². The minimum atomic E-state index is 0. The molecule has 172 valence electrons. The second kappa shape index (κ2) is 14.7. The second-order valence-electron chi connectivity index (χ2n) is 6.77. The summed E-state index contributed by atoms with van der Waals surface area (Å²) in [7, 11) is 6.71. The summed E-state index contributed by atoms with van der Waals surface area (Å²) in [5.41, 5.74) is 3.30. The van der Waals surface area contributed by atoms with Crippen LogP contribution in [0.25, 0.3) is 0 Å². The van der Waals surface area contributed by atoms with Gasteiger partial charge >= 0.3 is 0 Å². The van der Waals surface area contributed by atoms with E-state index in [2.05, 4.69) is 40.7 Å². The Bertz CT molecular complexity index is 830. The van der Waals surface area contributed by atoms with Gasteiger partial charge in [0.15, 0.2) is 17.5 Å². The molecule has 2 N–H and O–H groups in total. The molecule has 0 amide bonds. The van der Waals surface area contributed by atoms with Gasteiger partial charge in [0, 0.05) is 45.8 Å². The van der Waals surface area contributed by atoms with Gasteiger partial charge in [0.1, 0.15) is 5.75 Å². The highest BCUT2D eigenvalue weighted by Crippen LogP contribution is 2.27. The van der Waals surface area contributed by atoms with Gasteiger partial charge in [0.25, 0.3) is 0 Å². The van der Waals surface area contributed by atoms with Crippen LogP contribution in [0.2, 0.25) is 0 Å². The van der Waals surface area contributed by atoms with E-state index >= 15 is 0 Å². The zero-order valence-electron chi connectivity index (χ0n) is 19.0. The Kier molecular flexibility index (Phi) is 12.8. The molecule has 0 saturated heterocycles. The van der Waals surface area contributed by atoms with Crippen LogP contribution in [0.4, 0.5) is 0 Å². The first kappa shape index (κ1) is 26.8. The van der Waals surface area contributed by atoms with Crippen molar-refractivity contribution in [1.29, 1.82) is 0 Å². The molecule has 0 bridgehead atoms. The molecule has 0 radical (unpaired) electrons. The van der Waals surface area contributed by atoms with Gasteiger partial charge in [-0.25, -0.2) is 0 Å². The molecule has 0 fully saturated rings. The van der Waals surface area contributed by atoms with Crippen LogP contribution in [-0.2, 0) is 17.8 Å². The molecular weight excluding hydrogens is 509 g/mol. The van der Waals surface area contributed by atoms with Gasteiger partial charge in [-0.05, 0) is 36.2 Å². The van der Waals surface area contributed by atoms with Gasteiger partial charge in [-0.3, -0.25) is 4.99 Å². The third kappa shape index (κ3) is 8.82. The van der Waals surface area contributed by atoms with Crippen molar-refractivity contribution in [3.63, 3.8) is 0 Å². The van der Waals surface area contributed by atoms with Crippen LogP contribution in [-0.4, -0.2) is 47.6 Å². The van der Waals surface area contributed by atoms with Gasteiger partial charge in [-0.1, -0.05) is 18.2 Å². The number of aryl methyl sites for hydroxylation is 1. The van der Waals surface area contributed by atoms with E-state index < -0.39 is 0 Å². The average Bonchev–Trinajstić information content (AvgIpc) is 2.77. The van der Waals surface area contributed by atoms with Crippen LogP contribution in [0, 0.1) is 6.92 Å². The molecule has 2 aromatic rings. The zero-order valence-corrected chi connectivity index (χ0v) is 21.3. The first-order chi connectivity index (χ1) is 14.6.